The Balaban J connectivity index is 1.39. The molecule has 0 radical (unpaired) electrons. The van der Waals surface area contributed by atoms with E-state index in [0.29, 0.717) is 18.4 Å². The second-order valence-corrected chi connectivity index (χ2v) is 8.19. The molecule has 2 aromatic carbocycles. The van der Waals surface area contributed by atoms with Crippen molar-refractivity contribution in [2.75, 3.05) is 25.9 Å². The van der Waals surface area contributed by atoms with Gasteiger partial charge in [0, 0.05) is 24.5 Å². The molecule has 0 unspecified atom stereocenters. The van der Waals surface area contributed by atoms with Gasteiger partial charge >= 0.3 is 0 Å². The van der Waals surface area contributed by atoms with Crippen molar-refractivity contribution < 1.29 is 9.53 Å². The molecule has 1 N–H and O–H groups in total. The highest BCUT2D eigenvalue weighted by atomic mass is 32.2. The molecular weight excluding hydrogens is 356 g/mol. The molecule has 1 amide bonds. The minimum Gasteiger partial charge on any atom is -0.490 e. The summed E-state index contributed by atoms with van der Waals surface area (Å²) in [5.41, 5.74) is 2.31. The molecular formula is C22H28N2O2S. The van der Waals surface area contributed by atoms with Crippen molar-refractivity contribution in [3.8, 4) is 5.75 Å². The molecule has 2 aromatic rings. The molecule has 0 aromatic heterocycles. The number of carbonyl (C=O) groups excluding carboxylic acids is 1. The Morgan fingerprint density at radius 1 is 1.11 bits per heavy atom. The van der Waals surface area contributed by atoms with Crippen LogP contribution in [-0.2, 0) is 11.3 Å². The summed E-state index contributed by atoms with van der Waals surface area (Å²) in [6.07, 6.45) is 2.46. The summed E-state index contributed by atoms with van der Waals surface area (Å²) in [5, 5.41) is 2.98. The molecule has 27 heavy (non-hydrogen) atoms. The number of ether oxygens (including phenoxy) is 1. The number of aryl methyl sites for hydroxylation is 1. The summed E-state index contributed by atoms with van der Waals surface area (Å²) in [4.78, 5) is 15.5. The first-order chi connectivity index (χ1) is 13.1. The molecule has 4 nitrogen and oxygen atoms in total. The summed E-state index contributed by atoms with van der Waals surface area (Å²) in [7, 11) is 2.15. The highest BCUT2D eigenvalue weighted by Gasteiger charge is 2.17. The lowest BCUT2D eigenvalue weighted by Gasteiger charge is -2.29. The van der Waals surface area contributed by atoms with Crippen LogP contribution in [0.5, 0.6) is 5.75 Å². The van der Waals surface area contributed by atoms with E-state index in [1.807, 2.05) is 24.3 Å². The van der Waals surface area contributed by atoms with Crippen LogP contribution in [0, 0.1) is 6.92 Å². The van der Waals surface area contributed by atoms with Crippen molar-refractivity contribution in [2.45, 2.75) is 37.3 Å². The summed E-state index contributed by atoms with van der Waals surface area (Å²) >= 11 is 1.56. The first kappa shape index (κ1) is 19.8. The van der Waals surface area contributed by atoms with E-state index < -0.39 is 0 Å². The number of amides is 1. The molecule has 1 saturated heterocycles. The third-order valence-electron chi connectivity index (χ3n) is 4.77. The summed E-state index contributed by atoms with van der Waals surface area (Å²) < 4.78 is 6.06. The predicted molar refractivity (Wildman–Crippen MR) is 111 cm³/mol. The van der Waals surface area contributed by atoms with E-state index in [1.165, 1.54) is 5.56 Å². The Morgan fingerprint density at radius 3 is 2.44 bits per heavy atom. The number of thioether (sulfide) groups is 1. The first-order valence-corrected chi connectivity index (χ1v) is 10.5. The highest BCUT2D eigenvalue weighted by molar-refractivity contribution is 8.00. The van der Waals surface area contributed by atoms with Gasteiger partial charge in [0.2, 0.25) is 5.91 Å². The van der Waals surface area contributed by atoms with E-state index in [4.69, 9.17) is 4.74 Å². The first-order valence-electron chi connectivity index (χ1n) is 9.49. The Labute approximate surface area is 166 Å². The van der Waals surface area contributed by atoms with Gasteiger partial charge in [0.25, 0.3) is 0 Å². The number of hydrogen-bond acceptors (Lipinski definition) is 4. The van der Waals surface area contributed by atoms with Gasteiger partial charge in [-0.3, -0.25) is 4.79 Å². The van der Waals surface area contributed by atoms with Gasteiger partial charge in [0.05, 0.1) is 5.75 Å². The van der Waals surface area contributed by atoms with Crippen LogP contribution in [0.4, 0.5) is 0 Å². The Kier molecular flexibility index (Phi) is 7.18. The smallest absolute Gasteiger partial charge is 0.230 e. The van der Waals surface area contributed by atoms with Crippen molar-refractivity contribution in [1.82, 2.24) is 10.2 Å². The van der Waals surface area contributed by atoms with Crippen molar-refractivity contribution in [3.63, 3.8) is 0 Å². The van der Waals surface area contributed by atoms with Crippen LogP contribution in [-0.4, -0.2) is 42.8 Å². The number of rotatable bonds is 7. The molecule has 0 saturated carbocycles. The Hall–Kier alpha value is -1.98. The maximum absolute atomic E-state index is 12.1. The van der Waals surface area contributed by atoms with Crippen LogP contribution in [0.25, 0.3) is 0 Å². The third-order valence-corrected chi connectivity index (χ3v) is 5.78. The van der Waals surface area contributed by atoms with Gasteiger partial charge in [0.15, 0.2) is 0 Å². The monoisotopic (exact) mass is 384 g/mol. The molecule has 1 aliphatic rings. The maximum atomic E-state index is 12.1. The van der Waals surface area contributed by atoms with Crippen molar-refractivity contribution in [1.29, 1.82) is 0 Å². The molecule has 144 valence electrons. The van der Waals surface area contributed by atoms with Gasteiger partial charge in [-0.15, -0.1) is 11.8 Å². The van der Waals surface area contributed by atoms with E-state index in [1.54, 1.807) is 11.8 Å². The van der Waals surface area contributed by atoms with Crippen LogP contribution >= 0.6 is 11.8 Å². The zero-order valence-corrected chi connectivity index (χ0v) is 16.9. The number of piperidine rings is 1. The maximum Gasteiger partial charge on any atom is 0.230 e. The average molecular weight is 385 g/mol. The normalized spacial score (nSPS) is 15.5. The fraction of sp³-hybridized carbons (Fsp3) is 0.409. The average Bonchev–Trinajstić information content (AvgIpc) is 2.69. The van der Waals surface area contributed by atoms with Crippen LogP contribution in [0.3, 0.4) is 0 Å². The molecule has 1 heterocycles. The SMILES string of the molecule is Cc1ccc(SCC(=O)NCc2ccc(OC3CCN(C)CC3)cc2)cc1. The van der Waals surface area contributed by atoms with Crippen LogP contribution in [0.2, 0.25) is 0 Å². The Bertz CT molecular complexity index is 723. The van der Waals surface area contributed by atoms with Crippen LogP contribution in [0.1, 0.15) is 24.0 Å². The van der Waals surface area contributed by atoms with Gasteiger partial charge < -0.3 is 15.0 Å². The van der Waals surface area contributed by atoms with E-state index in [9.17, 15) is 4.79 Å². The second kappa shape index (κ2) is 9.81. The zero-order chi connectivity index (χ0) is 19.1. The largest absolute Gasteiger partial charge is 0.490 e. The fourth-order valence-corrected chi connectivity index (χ4v) is 3.74. The molecule has 1 fully saturated rings. The van der Waals surface area contributed by atoms with Gasteiger partial charge in [-0.1, -0.05) is 29.8 Å². The molecule has 1 aliphatic heterocycles. The lowest BCUT2D eigenvalue weighted by molar-refractivity contribution is -0.118. The van der Waals surface area contributed by atoms with E-state index in [2.05, 4.69) is 48.5 Å². The Morgan fingerprint density at radius 2 is 1.78 bits per heavy atom. The molecule has 5 heteroatoms. The van der Waals surface area contributed by atoms with Crippen molar-refractivity contribution >= 4 is 17.7 Å². The van der Waals surface area contributed by atoms with E-state index >= 15 is 0 Å². The molecule has 0 spiro atoms. The summed E-state index contributed by atoms with van der Waals surface area (Å²) in [6, 6.07) is 16.3. The standard InChI is InChI=1S/C22H28N2O2S/c1-17-3-9-21(10-4-17)27-16-22(25)23-15-18-5-7-19(8-6-18)26-20-11-13-24(2)14-12-20/h3-10,20H,11-16H2,1-2H3,(H,23,25). The summed E-state index contributed by atoms with van der Waals surface area (Å²) in [5.74, 6) is 1.39. The number of likely N-dealkylation sites (tertiary alicyclic amines) is 1. The fourth-order valence-electron chi connectivity index (χ4n) is 3.02. The topological polar surface area (TPSA) is 41.6 Å². The molecule has 3 rings (SSSR count). The number of nitrogens with zero attached hydrogens (tertiary/aromatic N) is 1. The van der Waals surface area contributed by atoms with Crippen LogP contribution < -0.4 is 10.1 Å². The number of nitrogens with one attached hydrogen (secondary N) is 1. The molecule has 0 aliphatic carbocycles. The van der Waals surface area contributed by atoms with E-state index in [0.717, 1.165) is 42.1 Å². The van der Waals surface area contributed by atoms with Gasteiger partial charge in [-0.05, 0) is 56.6 Å². The second-order valence-electron chi connectivity index (χ2n) is 7.14. The summed E-state index contributed by atoms with van der Waals surface area (Å²) in [6.45, 7) is 4.79. The minimum atomic E-state index is 0.0484. The number of hydrogen-bond donors (Lipinski definition) is 1. The van der Waals surface area contributed by atoms with Gasteiger partial charge in [-0.25, -0.2) is 0 Å². The lowest BCUT2D eigenvalue weighted by Crippen LogP contribution is -2.35. The zero-order valence-electron chi connectivity index (χ0n) is 16.1. The lowest BCUT2D eigenvalue weighted by atomic mass is 10.1. The van der Waals surface area contributed by atoms with Gasteiger partial charge in [0.1, 0.15) is 11.9 Å². The predicted octanol–water partition coefficient (Wildman–Crippen LogP) is 3.88. The molecule has 0 atom stereocenters. The van der Waals surface area contributed by atoms with Crippen LogP contribution in [0.15, 0.2) is 53.4 Å². The van der Waals surface area contributed by atoms with Crippen molar-refractivity contribution in [2.24, 2.45) is 0 Å². The quantitative estimate of drug-likeness (QED) is 0.736. The molecule has 0 bridgehead atoms. The number of carbonyl (C=O) groups is 1. The van der Waals surface area contributed by atoms with Crippen molar-refractivity contribution in [3.05, 3.63) is 59.7 Å². The highest BCUT2D eigenvalue weighted by Crippen LogP contribution is 2.20. The minimum absolute atomic E-state index is 0.0484. The number of benzene rings is 2. The van der Waals surface area contributed by atoms with E-state index in [-0.39, 0.29) is 5.91 Å². The van der Waals surface area contributed by atoms with Gasteiger partial charge in [-0.2, -0.15) is 0 Å². The third kappa shape index (κ3) is 6.60.